The van der Waals surface area contributed by atoms with Gasteiger partial charge < -0.3 is 25.2 Å². The standard InChI is InChI=1S/C22H44N6O3/c1-8-31-22(30)27-14-10-19(11-15-27)25-21(24-16-20(29)26(6)7)23-12-9-13-28(17(2)3)18(4)5/h17-19H,8-16H2,1-7H3,(H2,23,24,25). The quantitative estimate of drug-likeness (QED) is 0.306. The van der Waals surface area contributed by atoms with Gasteiger partial charge in [0.1, 0.15) is 6.54 Å². The Morgan fingerprint density at radius 1 is 1.13 bits per heavy atom. The number of carbonyl (C=O) groups is 2. The highest BCUT2D eigenvalue weighted by Crippen LogP contribution is 2.11. The van der Waals surface area contributed by atoms with Crippen molar-refractivity contribution < 1.29 is 14.3 Å². The van der Waals surface area contributed by atoms with Crippen LogP contribution in [0.5, 0.6) is 0 Å². The molecule has 0 unspecified atom stereocenters. The Bertz CT molecular complexity index is 564. The van der Waals surface area contributed by atoms with Crippen molar-refractivity contribution in [1.29, 1.82) is 0 Å². The molecule has 1 aliphatic rings. The number of rotatable bonds is 10. The van der Waals surface area contributed by atoms with Crippen LogP contribution in [0.3, 0.4) is 0 Å². The molecule has 2 N–H and O–H groups in total. The fourth-order valence-electron chi connectivity index (χ4n) is 3.64. The molecule has 31 heavy (non-hydrogen) atoms. The van der Waals surface area contributed by atoms with Gasteiger partial charge in [-0.2, -0.15) is 0 Å². The maximum atomic E-state index is 12.0. The summed E-state index contributed by atoms with van der Waals surface area (Å²) in [6, 6.07) is 1.22. The van der Waals surface area contributed by atoms with Crippen LogP contribution in [-0.4, -0.2) is 104 Å². The van der Waals surface area contributed by atoms with E-state index >= 15 is 0 Å². The van der Waals surface area contributed by atoms with Gasteiger partial charge in [0.05, 0.1) is 6.61 Å². The summed E-state index contributed by atoms with van der Waals surface area (Å²) in [5.74, 6) is 0.620. The van der Waals surface area contributed by atoms with Gasteiger partial charge in [0.15, 0.2) is 5.96 Å². The molecule has 1 fully saturated rings. The Kier molecular flexibility index (Phi) is 12.3. The van der Waals surface area contributed by atoms with Gasteiger partial charge in [0.25, 0.3) is 0 Å². The average molecular weight is 441 g/mol. The molecule has 0 aromatic carbocycles. The molecule has 1 heterocycles. The Hall–Kier alpha value is -2.03. The normalized spacial score (nSPS) is 15.5. The minimum Gasteiger partial charge on any atom is -0.450 e. The van der Waals surface area contributed by atoms with Crippen LogP contribution < -0.4 is 10.6 Å². The predicted molar refractivity (Wildman–Crippen MR) is 125 cm³/mol. The number of nitrogens with zero attached hydrogens (tertiary/aromatic N) is 4. The molecule has 1 aliphatic heterocycles. The summed E-state index contributed by atoms with van der Waals surface area (Å²) in [5.41, 5.74) is 0. The number of carbonyl (C=O) groups excluding carboxylic acids is 2. The zero-order valence-corrected chi connectivity index (χ0v) is 20.6. The molecule has 0 aliphatic carbocycles. The maximum absolute atomic E-state index is 12.0. The fourth-order valence-corrected chi connectivity index (χ4v) is 3.64. The van der Waals surface area contributed by atoms with Crippen molar-refractivity contribution in [2.45, 2.75) is 72.0 Å². The van der Waals surface area contributed by atoms with E-state index in [1.54, 1.807) is 23.9 Å². The first kappa shape index (κ1) is 27.0. The lowest BCUT2D eigenvalue weighted by Gasteiger charge is -2.32. The summed E-state index contributed by atoms with van der Waals surface area (Å²) >= 11 is 0. The zero-order valence-electron chi connectivity index (χ0n) is 20.6. The molecule has 1 saturated heterocycles. The van der Waals surface area contributed by atoms with E-state index in [9.17, 15) is 9.59 Å². The number of hydrogen-bond acceptors (Lipinski definition) is 5. The molecule has 0 atom stereocenters. The first-order valence-electron chi connectivity index (χ1n) is 11.6. The van der Waals surface area contributed by atoms with Crippen LogP contribution in [0.4, 0.5) is 4.79 Å². The van der Waals surface area contributed by atoms with Gasteiger partial charge in [-0.05, 0) is 53.9 Å². The van der Waals surface area contributed by atoms with Crippen molar-refractivity contribution in [2.75, 3.05) is 53.4 Å². The molecule has 0 bridgehead atoms. The molecule has 1 rings (SSSR count). The van der Waals surface area contributed by atoms with Gasteiger partial charge in [-0.1, -0.05) is 0 Å². The summed E-state index contributed by atoms with van der Waals surface area (Å²) < 4.78 is 5.09. The number of ether oxygens (including phenoxy) is 1. The third-order valence-electron chi connectivity index (χ3n) is 5.45. The van der Waals surface area contributed by atoms with E-state index in [0.29, 0.717) is 37.7 Å². The lowest BCUT2D eigenvalue weighted by atomic mass is 10.1. The monoisotopic (exact) mass is 440 g/mol. The van der Waals surface area contributed by atoms with E-state index in [-0.39, 0.29) is 24.6 Å². The molecule has 180 valence electrons. The van der Waals surface area contributed by atoms with Gasteiger partial charge in [-0.15, -0.1) is 0 Å². The molecular weight excluding hydrogens is 396 g/mol. The minimum absolute atomic E-state index is 0.0379. The SMILES string of the molecule is CCOC(=O)N1CCC(NC(=NCC(=O)N(C)C)NCCCN(C(C)C)C(C)C)CC1. The first-order valence-corrected chi connectivity index (χ1v) is 11.6. The fraction of sp³-hybridized carbons (Fsp3) is 0.864. The molecule has 0 aromatic rings. The van der Waals surface area contributed by atoms with E-state index in [1.165, 1.54) is 0 Å². The number of amides is 2. The second kappa shape index (κ2) is 14.1. The van der Waals surface area contributed by atoms with Crippen molar-refractivity contribution in [1.82, 2.24) is 25.3 Å². The van der Waals surface area contributed by atoms with Crippen LogP contribution in [0.1, 0.15) is 53.9 Å². The van der Waals surface area contributed by atoms with Crippen LogP contribution >= 0.6 is 0 Å². The molecule has 0 radical (unpaired) electrons. The first-order chi connectivity index (χ1) is 14.6. The largest absolute Gasteiger partial charge is 0.450 e. The number of likely N-dealkylation sites (N-methyl/N-ethyl adjacent to an activating group) is 1. The third-order valence-corrected chi connectivity index (χ3v) is 5.45. The predicted octanol–water partition coefficient (Wildman–Crippen LogP) is 1.74. The Morgan fingerprint density at radius 2 is 1.74 bits per heavy atom. The molecule has 9 nitrogen and oxygen atoms in total. The Labute approximate surface area is 188 Å². The van der Waals surface area contributed by atoms with E-state index in [4.69, 9.17) is 4.74 Å². The lowest BCUT2D eigenvalue weighted by molar-refractivity contribution is -0.127. The van der Waals surface area contributed by atoms with Crippen LogP contribution in [-0.2, 0) is 9.53 Å². The van der Waals surface area contributed by atoms with Gasteiger partial charge in [-0.3, -0.25) is 9.69 Å². The molecule has 0 spiro atoms. The van der Waals surface area contributed by atoms with Crippen LogP contribution in [0.15, 0.2) is 4.99 Å². The molecule has 2 amide bonds. The zero-order chi connectivity index (χ0) is 23.4. The van der Waals surface area contributed by atoms with Crippen LogP contribution in [0, 0.1) is 0 Å². The summed E-state index contributed by atoms with van der Waals surface area (Å²) in [6.07, 6.45) is 2.37. The highest BCUT2D eigenvalue weighted by Gasteiger charge is 2.24. The molecule has 9 heteroatoms. The summed E-state index contributed by atoms with van der Waals surface area (Å²) in [6.45, 7) is 14.3. The summed E-state index contributed by atoms with van der Waals surface area (Å²) in [7, 11) is 3.46. The summed E-state index contributed by atoms with van der Waals surface area (Å²) in [4.78, 5) is 34.1. The van der Waals surface area contributed by atoms with Crippen molar-refractivity contribution in [3.63, 3.8) is 0 Å². The topological polar surface area (TPSA) is 89.5 Å². The highest BCUT2D eigenvalue weighted by molar-refractivity contribution is 5.85. The molecule has 0 saturated carbocycles. The number of nitrogens with one attached hydrogen (secondary N) is 2. The lowest BCUT2D eigenvalue weighted by Crippen LogP contribution is -2.50. The van der Waals surface area contributed by atoms with Crippen molar-refractivity contribution >= 4 is 18.0 Å². The number of likely N-dealkylation sites (tertiary alicyclic amines) is 1. The minimum atomic E-state index is -0.246. The summed E-state index contributed by atoms with van der Waals surface area (Å²) in [5, 5.41) is 6.84. The Morgan fingerprint density at radius 3 is 2.26 bits per heavy atom. The maximum Gasteiger partial charge on any atom is 0.409 e. The number of guanidine groups is 1. The van der Waals surface area contributed by atoms with Crippen LogP contribution in [0.2, 0.25) is 0 Å². The van der Waals surface area contributed by atoms with E-state index in [1.807, 2.05) is 6.92 Å². The van der Waals surface area contributed by atoms with E-state index in [0.717, 1.165) is 32.4 Å². The van der Waals surface area contributed by atoms with E-state index < -0.39 is 0 Å². The van der Waals surface area contributed by atoms with Crippen molar-refractivity contribution in [3.8, 4) is 0 Å². The van der Waals surface area contributed by atoms with Gasteiger partial charge in [0, 0.05) is 58.4 Å². The highest BCUT2D eigenvalue weighted by atomic mass is 16.6. The number of piperidine rings is 1. The smallest absolute Gasteiger partial charge is 0.409 e. The molecular formula is C22H44N6O3. The van der Waals surface area contributed by atoms with Crippen molar-refractivity contribution in [3.05, 3.63) is 0 Å². The third kappa shape index (κ3) is 10.2. The van der Waals surface area contributed by atoms with E-state index in [2.05, 4.69) is 48.2 Å². The molecule has 0 aromatic heterocycles. The number of hydrogen-bond donors (Lipinski definition) is 2. The Balaban J connectivity index is 2.59. The second-order valence-electron chi connectivity index (χ2n) is 8.76. The van der Waals surface area contributed by atoms with Gasteiger partial charge in [-0.25, -0.2) is 9.79 Å². The van der Waals surface area contributed by atoms with Gasteiger partial charge in [0.2, 0.25) is 5.91 Å². The second-order valence-corrected chi connectivity index (χ2v) is 8.76. The van der Waals surface area contributed by atoms with Gasteiger partial charge >= 0.3 is 6.09 Å². The van der Waals surface area contributed by atoms with Crippen LogP contribution in [0.25, 0.3) is 0 Å². The number of aliphatic imine (C=N–C) groups is 1. The average Bonchev–Trinajstić information content (AvgIpc) is 2.71. The van der Waals surface area contributed by atoms with Crippen molar-refractivity contribution in [2.24, 2.45) is 4.99 Å².